The third kappa shape index (κ3) is 5.24. The van der Waals surface area contributed by atoms with Crippen LogP contribution in [0.3, 0.4) is 0 Å². The Kier molecular flexibility index (Phi) is 6.17. The molecule has 0 saturated heterocycles. The van der Waals surface area contributed by atoms with Crippen LogP contribution in [0.5, 0.6) is 0 Å². The second-order valence-corrected chi connectivity index (χ2v) is 5.04. The zero-order chi connectivity index (χ0) is 19.1. The maximum Gasteiger partial charge on any atom is 0.410 e. The molecule has 0 spiro atoms. The summed E-state index contributed by atoms with van der Waals surface area (Å²) in [4.78, 5) is 19.8. The van der Waals surface area contributed by atoms with Gasteiger partial charge in [0.1, 0.15) is 11.6 Å². The third-order valence-electron chi connectivity index (χ3n) is 3.06. The number of anilines is 1. The Labute approximate surface area is 147 Å². The van der Waals surface area contributed by atoms with Crippen LogP contribution in [0, 0.1) is 11.2 Å². The molecule has 0 fully saturated rings. The van der Waals surface area contributed by atoms with Gasteiger partial charge in [-0.05, 0) is 24.3 Å². The molecule has 1 heterocycles. The second-order valence-electron chi connectivity index (χ2n) is 5.04. The topological polar surface area (TPSA) is 131 Å². The molecule has 0 bridgehead atoms. The summed E-state index contributed by atoms with van der Waals surface area (Å²) in [6.45, 7) is -0.129. The number of halogens is 1. The normalized spacial score (nSPS) is 11.0. The van der Waals surface area contributed by atoms with Gasteiger partial charge in [0.15, 0.2) is 18.2 Å². The maximum absolute atomic E-state index is 13.4. The predicted molar refractivity (Wildman–Crippen MR) is 90.9 cm³/mol. The molecule has 0 saturated carbocycles. The fourth-order valence-corrected chi connectivity index (χ4v) is 1.92. The number of hydrogen-bond donors (Lipinski definition) is 4. The average molecular weight is 361 g/mol. The van der Waals surface area contributed by atoms with Crippen molar-refractivity contribution in [3.8, 4) is 0 Å². The first-order valence-electron chi connectivity index (χ1n) is 7.30. The number of rotatable bonds is 6. The third-order valence-corrected chi connectivity index (χ3v) is 3.06. The van der Waals surface area contributed by atoms with E-state index in [2.05, 4.69) is 15.5 Å². The lowest BCUT2D eigenvalue weighted by atomic mass is 10.1. The highest BCUT2D eigenvalue weighted by Gasteiger charge is 2.15. The van der Waals surface area contributed by atoms with E-state index >= 15 is 0 Å². The largest absolute Gasteiger partial charge is 0.465 e. The highest BCUT2D eigenvalue weighted by Crippen LogP contribution is 2.10. The highest BCUT2D eigenvalue weighted by molar-refractivity contribution is 6.45. The number of hydrogen-bond acceptors (Lipinski definition) is 6. The van der Waals surface area contributed by atoms with Crippen molar-refractivity contribution in [2.75, 3.05) is 12.4 Å². The van der Waals surface area contributed by atoms with Gasteiger partial charge in [-0.3, -0.25) is 15.9 Å². The van der Waals surface area contributed by atoms with Crippen LogP contribution in [0.15, 0.2) is 47.6 Å². The van der Waals surface area contributed by atoms with Gasteiger partial charge in [-0.2, -0.15) is 0 Å². The molecule has 1 amide bonds. The van der Waals surface area contributed by atoms with E-state index in [9.17, 15) is 14.4 Å². The molecule has 2 rings (SSSR count). The number of benzene rings is 1. The fourth-order valence-electron chi connectivity index (χ4n) is 1.92. The number of likely N-dealkylation sites (N-methyl/N-ethyl adjacent to an activating group) is 1. The van der Waals surface area contributed by atoms with E-state index in [1.165, 1.54) is 31.3 Å². The van der Waals surface area contributed by atoms with E-state index in [0.29, 0.717) is 10.8 Å². The van der Waals surface area contributed by atoms with Gasteiger partial charge < -0.3 is 9.94 Å². The number of carboxylic acid groups (broad SMARTS) is 1. The first-order valence-corrected chi connectivity index (χ1v) is 7.30. The number of hydroxylamine groups is 2. The SMILES string of the molecule is CN(O)C(=N)C(=NOCc1cccc(NC(=O)O)n1)c1cccc(F)c1. The van der Waals surface area contributed by atoms with Crippen LogP contribution in [0.2, 0.25) is 0 Å². The molecule has 0 aliphatic heterocycles. The zero-order valence-electron chi connectivity index (χ0n) is 13.7. The molecule has 26 heavy (non-hydrogen) atoms. The summed E-state index contributed by atoms with van der Waals surface area (Å²) >= 11 is 0. The lowest BCUT2D eigenvalue weighted by molar-refractivity contribution is 0.0148. The van der Waals surface area contributed by atoms with E-state index in [1.54, 1.807) is 12.1 Å². The number of aromatic nitrogens is 1. The number of pyridine rings is 1. The van der Waals surface area contributed by atoms with Gasteiger partial charge in [0.05, 0.1) is 5.69 Å². The van der Waals surface area contributed by atoms with Crippen molar-refractivity contribution < 1.29 is 24.3 Å². The fraction of sp³-hybridized carbons (Fsp3) is 0.125. The van der Waals surface area contributed by atoms with Gasteiger partial charge in [0.2, 0.25) is 0 Å². The molecule has 1 aromatic carbocycles. The van der Waals surface area contributed by atoms with Gasteiger partial charge in [0, 0.05) is 12.6 Å². The molecule has 0 aliphatic rings. The molecule has 0 unspecified atom stereocenters. The summed E-state index contributed by atoms with van der Waals surface area (Å²) in [5.74, 6) is -0.807. The summed E-state index contributed by atoms with van der Waals surface area (Å²) in [6, 6.07) is 9.97. The molecule has 0 radical (unpaired) electrons. The Morgan fingerprint density at radius 3 is 2.77 bits per heavy atom. The Bertz CT molecular complexity index is 841. The highest BCUT2D eigenvalue weighted by atomic mass is 19.1. The molecule has 10 heteroatoms. The van der Waals surface area contributed by atoms with Gasteiger partial charge in [-0.25, -0.2) is 19.2 Å². The predicted octanol–water partition coefficient (Wildman–Crippen LogP) is 2.53. The molecule has 9 nitrogen and oxygen atoms in total. The minimum Gasteiger partial charge on any atom is -0.465 e. The van der Waals surface area contributed by atoms with Gasteiger partial charge in [0.25, 0.3) is 0 Å². The van der Waals surface area contributed by atoms with Crippen LogP contribution in [-0.4, -0.2) is 45.0 Å². The first-order chi connectivity index (χ1) is 12.4. The summed E-state index contributed by atoms with van der Waals surface area (Å²) < 4.78 is 13.4. The quantitative estimate of drug-likeness (QED) is 0.355. The van der Waals surface area contributed by atoms with Crippen molar-refractivity contribution in [1.82, 2.24) is 10.0 Å². The second kappa shape index (κ2) is 8.53. The number of amides is 1. The van der Waals surface area contributed by atoms with E-state index in [4.69, 9.17) is 15.4 Å². The van der Waals surface area contributed by atoms with Crippen molar-refractivity contribution in [2.24, 2.45) is 5.16 Å². The van der Waals surface area contributed by atoms with E-state index in [-0.39, 0.29) is 23.7 Å². The van der Waals surface area contributed by atoms with Crippen molar-refractivity contribution in [3.63, 3.8) is 0 Å². The van der Waals surface area contributed by atoms with Crippen LogP contribution in [0.1, 0.15) is 11.3 Å². The standard InChI is InChI=1S/C16H16FN5O4/c1-22(25)15(18)14(10-4-2-5-11(17)8-10)21-26-9-12-6-3-7-13(19-12)20-16(23)24/h2-8,18,25H,9H2,1H3,(H,19,20)(H,23,24). The van der Waals surface area contributed by atoms with Crippen molar-refractivity contribution >= 4 is 23.5 Å². The smallest absolute Gasteiger partial charge is 0.410 e. The summed E-state index contributed by atoms with van der Waals surface area (Å²) in [5.41, 5.74) is 0.530. The van der Waals surface area contributed by atoms with E-state index in [1.807, 2.05) is 0 Å². The number of carbonyl (C=O) groups is 1. The minimum absolute atomic E-state index is 0.0886. The number of amidine groups is 1. The van der Waals surface area contributed by atoms with Crippen molar-refractivity contribution in [1.29, 1.82) is 5.41 Å². The molecular weight excluding hydrogens is 345 g/mol. The Morgan fingerprint density at radius 2 is 2.12 bits per heavy atom. The van der Waals surface area contributed by atoms with Crippen LogP contribution in [-0.2, 0) is 11.4 Å². The number of nitrogens with one attached hydrogen (secondary N) is 2. The molecule has 0 aliphatic carbocycles. The molecule has 4 N–H and O–H groups in total. The Hall–Kier alpha value is -3.53. The lowest BCUT2D eigenvalue weighted by Gasteiger charge is -2.14. The molecule has 0 atom stereocenters. The molecular formula is C16H16FN5O4. The monoisotopic (exact) mass is 361 g/mol. The van der Waals surface area contributed by atoms with Crippen LogP contribution >= 0.6 is 0 Å². The van der Waals surface area contributed by atoms with Crippen LogP contribution in [0.4, 0.5) is 15.0 Å². The van der Waals surface area contributed by atoms with E-state index in [0.717, 1.165) is 6.07 Å². The van der Waals surface area contributed by atoms with Crippen LogP contribution < -0.4 is 5.32 Å². The summed E-state index contributed by atoms with van der Waals surface area (Å²) in [6.07, 6.45) is -1.25. The Morgan fingerprint density at radius 1 is 1.38 bits per heavy atom. The van der Waals surface area contributed by atoms with Crippen molar-refractivity contribution in [3.05, 3.63) is 59.5 Å². The van der Waals surface area contributed by atoms with Crippen molar-refractivity contribution in [2.45, 2.75) is 6.61 Å². The maximum atomic E-state index is 13.4. The molecule has 1 aromatic heterocycles. The summed E-state index contributed by atoms with van der Waals surface area (Å²) in [7, 11) is 1.22. The van der Waals surface area contributed by atoms with E-state index < -0.39 is 17.7 Å². The zero-order valence-corrected chi connectivity index (χ0v) is 13.7. The van der Waals surface area contributed by atoms with Gasteiger partial charge >= 0.3 is 6.09 Å². The first kappa shape index (κ1) is 18.8. The lowest BCUT2D eigenvalue weighted by Crippen LogP contribution is -2.30. The Balaban J connectivity index is 2.18. The molecule has 2 aromatic rings. The number of oxime groups is 1. The average Bonchev–Trinajstić information content (AvgIpc) is 2.58. The van der Waals surface area contributed by atoms with Crippen LogP contribution in [0.25, 0.3) is 0 Å². The molecule has 136 valence electrons. The number of nitrogens with zero attached hydrogens (tertiary/aromatic N) is 3. The summed E-state index contributed by atoms with van der Waals surface area (Å²) in [5, 5.41) is 32.4. The van der Waals surface area contributed by atoms with Gasteiger partial charge in [-0.15, -0.1) is 0 Å². The minimum atomic E-state index is -1.25. The van der Waals surface area contributed by atoms with Gasteiger partial charge in [-0.1, -0.05) is 23.4 Å².